The Morgan fingerprint density at radius 3 is 2.18 bits per heavy atom. The molecule has 0 unspecified atom stereocenters. The van der Waals surface area contributed by atoms with E-state index in [1.807, 2.05) is 75.3 Å². The molecule has 3 aromatic rings. The predicted octanol–water partition coefficient (Wildman–Crippen LogP) is 4.34. The van der Waals surface area contributed by atoms with Crippen molar-refractivity contribution in [2.45, 2.75) is 58.0 Å². The minimum absolute atomic E-state index is 0.0430. The summed E-state index contributed by atoms with van der Waals surface area (Å²) in [6, 6.07) is 12.3. The van der Waals surface area contributed by atoms with E-state index >= 15 is 0 Å². The highest BCUT2D eigenvalue weighted by molar-refractivity contribution is 7.09. The Labute approximate surface area is 233 Å². The smallest absolute Gasteiger partial charge is 0.273 e. The molecule has 206 valence electrons. The van der Waals surface area contributed by atoms with Crippen LogP contribution in [0.5, 0.6) is 0 Å². The molecule has 0 aliphatic heterocycles. The van der Waals surface area contributed by atoms with Crippen LogP contribution in [0.25, 0.3) is 0 Å². The zero-order chi connectivity index (χ0) is 28.3. The fourth-order valence-corrected chi connectivity index (χ4v) is 5.64. The van der Waals surface area contributed by atoms with E-state index in [-0.39, 0.29) is 28.2 Å². The van der Waals surface area contributed by atoms with Gasteiger partial charge in [-0.05, 0) is 79.2 Å². The minimum Gasteiger partial charge on any atom is -0.395 e. The summed E-state index contributed by atoms with van der Waals surface area (Å²) < 4.78 is 4.03. The van der Waals surface area contributed by atoms with E-state index in [0.717, 1.165) is 60.5 Å². The number of carbonyl (C=O) groups excluding carboxylic acids is 3. The molecule has 3 amide bonds. The van der Waals surface area contributed by atoms with Crippen molar-refractivity contribution in [2.75, 3.05) is 29.6 Å². The van der Waals surface area contributed by atoms with Crippen LogP contribution < -0.4 is 26.6 Å². The van der Waals surface area contributed by atoms with Gasteiger partial charge in [0.15, 0.2) is 5.69 Å². The van der Waals surface area contributed by atoms with Crippen molar-refractivity contribution >= 4 is 46.3 Å². The molecule has 1 aliphatic rings. The summed E-state index contributed by atoms with van der Waals surface area (Å²) in [7, 11) is 3.88. The second kappa shape index (κ2) is 11.9. The summed E-state index contributed by atoms with van der Waals surface area (Å²) in [6.45, 7) is 3.94. The average molecular weight is 549 g/mol. The number of primary amides is 1. The molecule has 0 radical (unpaired) electrons. The van der Waals surface area contributed by atoms with Crippen LogP contribution >= 0.6 is 11.5 Å². The highest BCUT2D eigenvalue weighted by Gasteiger charge is 2.37. The van der Waals surface area contributed by atoms with Gasteiger partial charge in [-0.25, -0.2) is 0 Å². The zero-order valence-corrected chi connectivity index (χ0v) is 23.7. The van der Waals surface area contributed by atoms with Gasteiger partial charge >= 0.3 is 0 Å². The van der Waals surface area contributed by atoms with Crippen molar-refractivity contribution in [2.24, 2.45) is 5.73 Å². The first-order chi connectivity index (χ1) is 18.6. The Hall–Kier alpha value is -3.92. The number of nitrogen functional groups attached to an aromatic ring is 1. The average Bonchev–Trinajstić information content (AvgIpc) is 3.30. The highest BCUT2D eigenvalue weighted by Crippen LogP contribution is 2.35. The van der Waals surface area contributed by atoms with Crippen molar-refractivity contribution in [1.82, 2.24) is 9.69 Å². The Balaban J connectivity index is 1.87. The predicted molar refractivity (Wildman–Crippen MR) is 156 cm³/mol. The lowest BCUT2D eigenvalue weighted by Gasteiger charge is -2.33. The number of aryl methyl sites for hydroxylation is 2. The quantitative estimate of drug-likeness (QED) is 0.383. The van der Waals surface area contributed by atoms with Gasteiger partial charge in [-0.1, -0.05) is 37.5 Å². The first-order valence-corrected chi connectivity index (χ1v) is 13.9. The molecule has 5 N–H and O–H groups in total. The molecule has 0 spiro atoms. The molecule has 39 heavy (non-hydrogen) atoms. The number of nitrogens with one attached hydrogen (secondary N) is 1. The second-order valence-electron chi connectivity index (χ2n) is 10.3. The van der Waals surface area contributed by atoms with Crippen molar-refractivity contribution < 1.29 is 14.4 Å². The fourth-order valence-electron chi connectivity index (χ4n) is 4.90. The molecule has 1 saturated carbocycles. The molecule has 0 saturated heterocycles. The van der Waals surface area contributed by atoms with Gasteiger partial charge < -0.3 is 21.7 Å². The number of carbonyl (C=O) groups is 3. The summed E-state index contributed by atoms with van der Waals surface area (Å²) in [5, 5.41) is 3.21. The first-order valence-electron chi connectivity index (χ1n) is 13.1. The van der Waals surface area contributed by atoms with Gasteiger partial charge in [0.05, 0.1) is 5.69 Å². The summed E-state index contributed by atoms with van der Waals surface area (Å²) in [5.74, 6) is -1.61. The van der Waals surface area contributed by atoms with Gasteiger partial charge in [0, 0.05) is 31.5 Å². The van der Waals surface area contributed by atoms with E-state index in [2.05, 4.69) is 9.69 Å². The van der Waals surface area contributed by atoms with Gasteiger partial charge in [-0.15, -0.1) is 0 Å². The Morgan fingerprint density at radius 2 is 1.62 bits per heavy atom. The van der Waals surface area contributed by atoms with Gasteiger partial charge in [0.1, 0.15) is 10.9 Å². The van der Waals surface area contributed by atoms with Gasteiger partial charge in [0.2, 0.25) is 5.91 Å². The Morgan fingerprint density at radius 1 is 0.974 bits per heavy atom. The van der Waals surface area contributed by atoms with Crippen LogP contribution in [-0.4, -0.2) is 42.2 Å². The van der Waals surface area contributed by atoms with E-state index in [9.17, 15) is 14.4 Å². The molecule has 9 nitrogen and oxygen atoms in total. The standard InChI is InChI=1S/C29H36N6O3S/c1-17-10-13-22(16-18(17)2)35(29(38)26-23(30)24(27(31)36)33-39-26)25(19-11-14-21(15-12-19)34(3)4)28(37)32-20-8-6-5-7-9-20/h10-16,20,25H,5-9,30H2,1-4H3,(H2,31,36)(H,32,37)/t25-/m0/s1. The number of hydrogen-bond acceptors (Lipinski definition) is 7. The molecule has 2 aromatic carbocycles. The monoisotopic (exact) mass is 548 g/mol. The molecule has 1 fully saturated rings. The van der Waals surface area contributed by atoms with Crippen LogP contribution in [0, 0.1) is 13.8 Å². The molecule has 10 heteroatoms. The molecule has 0 bridgehead atoms. The maximum Gasteiger partial charge on any atom is 0.273 e. The maximum absolute atomic E-state index is 14.3. The zero-order valence-electron chi connectivity index (χ0n) is 22.9. The number of anilines is 3. The summed E-state index contributed by atoms with van der Waals surface area (Å²) in [5.41, 5.74) is 15.6. The topological polar surface area (TPSA) is 135 Å². The van der Waals surface area contributed by atoms with E-state index in [0.29, 0.717) is 11.3 Å². The summed E-state index contributed by atoms with van der Waals surface area (Å²) >= 11 is 0.804. The molecule has 1 aliphatic carbocycles. The normalized spacial score (nSPS) is 14.5. The Kier molecular flexibility index (Phi) is 8.54. The third-order valence-corrected chi connectivity index (χ3v) is 8.18. The van der Waals surface area contributed by atoms with Gasteiger partial charge in [-0.3, -0.25) is 19.3 Å². The largest absolute Gasteiger partial charge is 0.395 e. The molecule has 1 aromatic heterocycles. The van der Waals surface area contributed by atoms with Crippen molar-refractivity contribution in [1.29, 1.82) is 0 Å². The van der Waals surface area contributed by atoms with Crippen LogP contribution in [0.15, 0.2) is 42.5 Å². The molecule has 1 atom stereocenters. The minimum atomic E-state index is -0.990. The highest BCUT2D eigenvalue weighted by atomic mass is 32.1. The number of aromatic nitrogens is 1. The number of benzene rings is 2. The number of amides is 3. The lowest BCUT2D eigenvalue weighted by Crippen LogP contribution is -2.47. The number of nitrogens with zero attached hydrogens (tertiary/aromatic N) is 3. The molecular formula is C29H36N6O3S. The van der Waals surface area contributed by atoms with Crippen molar-refractivity contribution in [3.63, 3.8) is 0 Å². The van der Waals surface area contributed by atoms with Crippen molar-refractivity contribution in [3.05, 3.63) is 69.7 Å². The van der Waals surface area contributed by atoms with Crippen LogP contribution in [0.4, 0.5) is 17.1 Å². The SMILES string of the molecule is Cc1ccc(N(C(=O)c2snc(C(N)=O)c2N)[C@H](C(=O)NC2CCCCC2)c2ccc(N(C)C)cc2)cc1C. The summed E-state index contributed by atoms with van der Waals surface area (Å²) in [6.07, 6.45) is 5.07. The van der Waals surface area contributed by atoms with Crippen LogP contribution in [0.2, 0.25) is 0 Å². The van der Waals surface area contributed by atoms with E-state index < -0.39 is 17.9 Å². The maximum atomic E-state index is 14.3. The van der Waals surface area contributed by atoms with E-state index in [4.69, 9.17) is 11.5 Å². The number of hydrogen-bond donors (Lipinski definition) is 3. The van der Waals surface area contributed by atoms with Crippen LogP contribution in [0.3, 0.4) is 0 Å². The van der Waals surface area contributed by atoms with Gasteiger partial charge in [0.25, 0.3) is 11.8 Å². The van der Waals surface area contributed by atoms with Crippen LogP contribution in [-0.2, 0) is 4.79 Å². The van der Waals surface area contributed by atoms with Crippen LogP contribution in [0.1, 0.15) is 75.0 Å². The second-order valence-corrected chi connectivity index (χ2v) is 11.1. The lowest BCUT2D eigenvalue weighted by atomic mass is 9.94. The number of nitrogens with two attached hydrogens (primary N) is 2. The fraction of sp³-hybridized carbons (Fsp3) is 0.379. The molecule has 1 heterocycles. The summed E-state index contributed by atoms with van der Waals surface area (Å²) in [4.78, 5) is 43.7. The van der Waals surface area contributed by atoms with E-state index in [1.54, 1.807) is 0 Å². The molecular weight excluding hydrogens is 512 g/mol. The van der Waals surface area contributed by atoms with Gasteiger partial charge in [-0.2, -0.15) is 4.37 Å². The lowest BCUT2D eigenvalue weighted by molar-refractivity contribution is -0.123. The van der Waals surface area contributed by atoms with E-state index in [1.165, 1.54) is 4.90 Å². The first kappa shape index (κ1) is 28.1. The Bertz CT molecular complexity index is 1360. The third-order valence-electron chi connectivity index (χ3n) is 7.33. The molecule has 4 rings (SSSR count). The third kappa shape index (κ3) is 6.06. The number of rotatable bonds is 8. The van der Waals surface area contributed by atoms with Crippen molar-refractivity contribution in [3.8, 4) is 0 Å².